The Labute approximate surface area is 379 Å². The summed E-state index contributed by atoms with van der Waals surface area (Å²) in [6, 6.07) is 15.9. The molecular formula is C46H57F3N5O10P. The van der Waals surface area contributed by atoms with E-state index in [2.05, 4.69) is 43.8 Å². The van der Waals surface area contributed by atoms with Gasteiger partial charge in [-0.3, -0.25) is 14.4 Å². The first kappa shape index (κ1) is 50.8. The number of esters is 1. The van der Waals surface area contributed by atoms with E-state index in [1.807, 2.05) is 0 Å². The average Bonchev–Trinajstić information content (AvgIpc) is 3.54. The molecule has 0 aromatic heterocycles. The number of nitrogens with zero attached hydrogens (tertiary/aromatic N) is 4. The molecule has 65 heavy (non-hydrogen) atoms. The summed E-state index contributed by atoms with van der Waals surface area (Å²) in [7, 11) is 1.46. The maximum atomic E-state index is 13.9. The molecular weight excluding hydrogens is 870 g/mol. The summed E-state index contributed by atoms with van der Waals surface area (Å²) in [6.45, 7) is 10.6. The lowest BCUT2D eigenvalue weighted by Crippen LogP contribution is -2.43. The van der Waals surface area contributed by atoms with Crippen LogP contribution in [-0.2, 0) is 38.4 Å². The number of alkyl halides is 3. The van der Waals surface area contributed by atoms with E-state index < -0.39 is 44.6 Å². The zero-order chi connectivity index (χ0) is 47.5. The lowest BCUT2D eigenvalue weighted by atomic mass is 9.77. The molecule has 2 unspecified atom stereocenters. The second-order valence-corrected chi connectivity index (χ2v) is 17.4. The van der Waals surface area contributed by atoms with Gasteiger partial charge in [0.15, 0.2) is 5.60 Å². The van der Waals surface area contributed by atoms with Crippen molar-refractivity contribution >= 4 is 43.6 Å². The van der Waals surface area contributed by atoms with E-state index in [4.69, 9.17) is 33.3 Å². The number of ether oxygens (including phenoxy) is 4. The summed E-state index contributed by atoms with van der Waals surface area (Å²) in [6.07, 6.45) is -1.81. The molecule has 0 saturated carbocycles. The van der Waals surface area contributed by atoms with Crippen LogP contribution >= 0.6 is 8.53 Å². The zero-order valence-corrected chi connectivity index (χ0v) is 38.7. The molecule has 2 heterocycles. The fourth-order valence-corrected chi connectivity index (χ4v) is 9.48. The molecule has 0 aliphatic carbocycles. The quantitative estimate of drug-likeness (QED) is 0.0549. The van der Waals surface area contributed by atoms with E-state index in [0.717, 1.165) is 19.3 Å². The summed E-state index contributed by atoms with van der Waals surface area (Å²) in [5.41, 5.74) is -0.295. The standard InChI is InChI=1S/C46H57F3N5O10P/c1-30(2)54(31(3)4)65(62-24-12-19-50)61-23-11-9-8-10-20-51-42(56)33-13-16-36-39(27-33)45(64-43(36)57)37-17-14-34(52(32(5)55)21-25-59-6)28-40(37)63-41-29-35(15-18-38(41)45)53(22-26-60-7)44(58)46(47,48)49/h13-18,27-31H,8-12,20-26H2,1-7H3,(H,51,56). The number of fused-ring (bicyclic) bond motifs is 6. The molecule has 19 heteroatoms. The summed E-state index contributed by atoms with van der Waals surface area (Å²) < 4.78 is 78.7. The van der Waals surface area contributed by atoms with Gasteiger partial charge in [-0.15, -0.1) is 0 Å². The van der Waals surface area contributed by atoms with E-state index in [1.165, 1.54) is 56.4 Å². The minimum Gasteiger partial charge on any atom is -0.456 e. The third-order valence-corrected chi connectivity index (χ3v) is 12.9. The number of anilines is 2. The van der Waals surface area contributed by atoms with Crippen LogP contribution in [0.4, 0.5) is 24.5 Å². The number of carbonyl (C=O) groups is 4. The van der Waals surface area contributed by atoms with Crippen molar-refractivity contribution in [1.82, 2.24) is 9.99 Å². The van der Waals surface area contributed by atoms with Gasteiger partial charge in [-0.1, -0.05) is 12.8 Å². The number of amides is 3. The Bertz CT molecular complexity index is 2210. The van der Waals surface area contributed by atoms with Gasteiger partial charge >= 0.3 is 18.1 Å². The van der Waals surface area contributed by atoms with Crippen LogP contribution in [0.5, 0.6) is 11.5 Å². The summed E-state index contributed by atoms with van der Waals surface area (Å²) in [4.78, 5) is 54.9. The fourth-order valence-electron chi connectivity index (χ4n) is 7.85. The van der Waals surface area contributed by atoms with Gasteiger partial charge in [-0.25, -0.2) is 9.46 Å². The number of methoxy groups -OCH3 is 2. The first-order chi connectivity index (χ1) is 31.0. The molecule has 3 aromatic carbocycles. The number of carbonyl (C=O) groups excluding carboxylic acids is 4. The van der Waals surface area contributed by atoms with Crippen molar-refractivity contribution in [3.05, 3.63) is 82.4 Å². The van der Waals surface area contributed by atoms with Gasteiger partial charge in [0.05, 0.1) is 44.5 Å². The number of nitrogens with one attached hydrogen (secondary N) is 1. The molecule has 3 amide bonds. The molecule has 0 fully saturated rings. The number of hydrogen-bond acceptors (Lipinski definition) is 12. The predicted molar refractivity (Wildman–Crippen MR) is 237 cm³/mol. The molecule has 1 N–H and O–H groups in total. The Hall–Kier alpha value is -5.15. The third-order valence-electron chi connectivity index (χ3n) is 10.8. The number of nitriles is 1. The van der Waals surface area contributed by atoms with Crippen molar-refractivity contribution in [2.24, 2.45) is 0 Å². The minimum absolute atomic E-state index is 0.0305. The molecule has 0 bridgehead atoms. The van der Waals surface area contributed by atoms with Crippen LogP contribution in [0.3, 0.4) is 0 Å². The van der Waals surface area contributed by atoms with E-state index in [9.17, 15) is 32.3 Å². The second kappa shape index (κ2) is 22.8. The smallest absolute Gasteiger partial charge is 0.456 e. The van der Waals surface area contributed by atoms with Gasteiger partial charge in [-0.2, -0.15) is 18.4 Å². The molecule has 3 aromatic rings. The van der Waals surface area contributed by atoms with Gasteiger partial charge in [0, 0.05) is 98.6 Å². The Morgan fingerprint density at radius 1 is 0.800 bits per heavy atom. The van der Waals surface area contributed by atoms with E-state index in [-0.39, 0.29) is 83.6 Å². The fraction of sp³-hybridized carbons (Fsp3) is 0.500. The lowest BCUT2D eigenvalue weighted by molar-refractivity contribution is -0.170. The van der Waals surface area contributed by atoms with Gasteiger partial charge in [0.1, 0.15) is 11.5 Å². The highest BCUT2D eigenvalue weighted by atomic mass is 31.2. The molecule has 1 spiro atoms. The Morgan fingerprint density at radius 2 is 1.38 bits per heavy atom. The lowest BCUT2D eigenvalue weighted by Gasteiger charge is -2.37. The molecule has 0 radical (unpaired) electrons. The highest BCUT2D eigenvalue weighted by Crippen LogP contribution is 2.57. The molecule has 2 aliphatic rings. The van der Waals surface area contributed by atoms with E-state index >= 15 is 0 Å². The Balaban J connectivity index is 1.40. The highest BCUT2D eigenvalue weighted by molar-refractivity contribution is 7.44. The van der Waals surface area contributed by atoms with Crippen molar-refractivity contribution in [3.63, 3.8) is 0 Å². The van der Waals surface area contributed by atoms with Crippen LogP contribution < -0.4 is 19.9 Å². The third kappa shape index (κ3) is 11.8. The van der Waals surface area contributed by atoms with Gasteiger partial charge < -0.3 is 43.1 Å². The Morgan fingerprint density at radius 3 is 1.95 bits per heavy atom. The van der Waals surface area contributed by atoms with Crippen molar-refractivity contribution in [1.29, 1.82) is 5.26 Å². The molecule has 2 aliphatic heterocycles. The maximum absolute atomic E-state index is 13.9. The van der Waals surface area contributed by atoms with Crippen LogP contribution in [0.15, 0.2) is 54.6 Å². The summed E-state index contributed by atoms with van der Waals surface area (Å²) >= 11 is 0. The topological polar surface area (TPSA) is 169 Å². The van der Waals surface area contributed by atoms with Gasteiger partial charge in [0.25, 0.3) is 14.4 Å². The van der Waals surface area contributed by atoms with Gasteiger partial charge in [-0.05, 0) is 83.0 Å². The number of unbranched alkanes of at least 4 members (excludes halogenated alkanes) is 3. The second-order valence-electron chi connectivity index (χ2n) is 16.0. The first-order valence-corrected chi connectivity index (χ1v) is 22.6. The largest absolute Gasteiger partial charge is 0.471 e. The van der Waals surface area contributed by atoms with Crippen LogP contribution in [0.25, 0.3) is 0 Å². The van der Waals surface area contributed by atoms with E-state index in [1.54, 1.807) is 24.3 Å². The van der Waals surface area contributed by atoms with Crippen molar-refractivity contribution in [3.8, 4) is 17.6 Å². The maximum Gasteiger partial charge on any atom is 0.471 e. The van der Waals surface area contributed by atoms with Crippen LogP contribution in [-0.4, -0.2) is 107 Å². The van der Waals surface area contributed by atoms with Crippen LogP contribution in [0.2, 0.25) is 0 Å². The van der Waals surface area contributed by atoms with Crippen molar-refractivity contribution < 1.29 is 60.3 Å². The number of benzene rings is 3. The number of rotatable bonds is 23. The van der Waals surface area contributed by atoms with Gasteiger partial charge in [0.2, 0.25) is 5.91 Å². The molecule has 2 atom stereocenters. The highest BCUT2D eigenvalue weighted by Gasteiger charge is 2.54. The molecule has 352 valence electrons. The van der Waals surface area contributed by atoms with Crippen LogP contribution in [0.1, 0.15) is 104 Å². The minimum atomic E-state index is -5.21. The normalized spacial score (nSPS) is 15.5. The molecule has 5 rings (SSSR count). The number of halogens is 3. The SMILES string of the molecule is COCCN(C(C)=O)c1ccc2c(c1)Oc1cc(N(CCOC)C(=O)C(F)(F)F)ccc1C21OC(=O)c2ccc(C(=O)NCCCCCCOP(OCCC#N)N(C(C)C)C(C)C)cc21. The van der Waals surface area contributed by atoms with Crippen molar-refractivity contribution in [2.75, 3.05) is 70.1 Å². The average molecular weight is 928 g/mol. The molecule has 15 nitrogen and oxygen atoms in total. The monoisotopic (exact) mass is 927 g/mol. The zero-order valence-electron chi connectivity index (χ0n) is 37.8. The first-order valence-electron chi connectivity index (χ1n) is 21.5. The molecule has 0 saturated heterocycles. The number of hydrogen-bond donors (Lipinski definition) is 1. The predicted octanol–water partition coefficient (Wildman–Crippen LogP) is 8.38. The summed E-state index contributed by atoms with van der Waals surface area (Å²) in [5.74, 6) is -3.46. The Kier molecular flexibility index (Phi) is 17.9. The van der Waals surface area contributed by atoms with E-state index in [0.29, 0.717) is 42.3 Å². The summed E-state index contributed by atoms with van der Waals surface area (Å²) in [5, 5.41) is 11.9. The van der Waals surface area contributed by atoms with Crippen molar-refractivity contribution in [2.45, 2.75) is 90.6 Å². The van der Waals surface area contributed by atoms with Crippen LogP contribution in [0, 0.1) is 11.3 Å².